The van der Waals surface area contributed by atoms with Gasteiger partial charge in [0.25, 0.3) is 5.56 Å². The number of hydrogen-bond donors (Lipinski definition) is 2. The summed E-state index contributed by atoms with van der Waals surface area (Å²) in [5, 5.41) is 9.37. The van der Waals surface area contributed by atoms with Gasteiger partial charge in [0.15, 0.2) is 0 Å². The quantitative estimate of drug-likeness (QED) is 0.502. The van der Waals surface area contributed by atoms with Crippen molar-refractivity contribution in [1.29, 1.82) is 5.26 Å². The molecule has 164 valence electrons. The Balaban J connectivity index is 1.63. The number of para-hydroxylation sites is 2. The summed E-state index contributed by atoms with van der Waals surface area (Å²) in [4.78, 5) is 43.6. The normalized spacial score (nSPS) is 10.4. The first kappa shape index (κ1) is 22.5. The van der Waals surface area contributed by atoms with Gasteiger partial charge in [0.05, 0.1) is 23.4 Å². The van der Waals surface area contributed by atoms with Crippen molar-refractivity contribution in [3.8, 4) is 6.07 Å². The molecule has 3 aromatic rings. The number of aromatic nitrogens is 2. The van der Waals surface area contributed by atoms with Crippen molar-refractivity contribution in [2.75, 3.05) is 16.9 Å². The fraction of sp³-hybridized carbons (Fsp3) is 0.261. The standard InChI is InChI=1S/C23H24N6O3/c1-2-28-22(32)18-11-6-7-12-19(18)25-23(28)27-26-20(30)13-14-21(31)29(16-8-15-24)17-9-4-3-5-10-17/h3-7,9-12H,2,8,13-14,16H2,1H3,(H,25,27)(H,26,30). The van der Waals surface area contributed by atoms with Crippen LogP contribution in [0.4, 0.5) is 11.6 Å². The number of hydrazine groups is 1. The van der Waals surface area contributed by atoms with Gasteiger partial charge in [-0.05, 0) is 31.2 Å². The summed E-state index contributed by atoms with van der Waals surface area (Å²) < 4.78 is 1.42. The second-order valence-corrected chi connectivity index (χ2v) is 6.96. The molecule has 0 aliphatic carbocycles. The van der Waals surface area contributed by atoms with Crippen LogP contribution in [-0.2, 0) is 16.1 Å². The van der Waals surface area contributed by atoms with Gasteiger partial charge >= 0.3 is 0 Å². The lowest BCUT2D eigenvalue weighted by Crippen LogP contribution is -2.36. The number of carbonyl (C=O) groups excluding carboxylic acids is 2. The van der Waals surface area contributed by atoms with Gasteiger partial charge in [0.2, 0.25) is 17.8 Å². The van der Waals surface area contributed by atoms with E-state index in [1.807, 2.05) is 31.2 Å². The van der Waals surface area contributed by atoms with Crippen LogP contribution in [0, 0.1) is 11.3 Å². The summed E-state index contributed by atoms with van der Waals surface area (Å²) in [6, 6.07) is 18.0. The monoisotopic (exact) mass is 432 g/mol. The second-order valence-electron chi connectivity index (χ2n) is 6.96. The number of fused-ring (bicyclic) bond motifs is 1. The van der Waals surface area contributed by atoms with Crippen molar-refractivity contribution >= 4 is 34.4 Å². The highest BCUT2D eigenvalue weighted by Crippen LogP contribution is 2.16. The van der Waals surface area contributed by atoms with Gasteiger partial charge in [-0.1, -0.05) is 30.3 Å². The summed E-state index contributed by atoms with van der Waals surface area (Å²) in [5.41, 5.74) is 6.20. The van der Waals surface area contributed by atoms with E-state index in [-0.39, 0.29) is 43.2 Å². The first-order valence-electron chi connectivity index (χ1n) is 10.3. The molecule has 0 spiro atoms. The van der Waals surface area contributed by atoms with Gasteiger partial charge in [-0.2, -0.15) is 5.26 Å². The van der Waals surface area contributed by atoms with E-state index >= 15 is 0 Å². The lowest BCUT2D eigenvalue weighted by Gasteiger charge is -2.21. The summed E-state index contributed by atoms with van der Waals surface area (Å²) in [5.74, 6) is -0.455. The topological polar surface area (TPSA) is 120 Å². The number of nitrogens with zero attached hydrogens (tertiary/aromatic N) is 4. The van der Waals surface area contributed by atoms with Crippen LogP contribution in [0.1, 0.15) is 26.2 Å². The SMILES string of the molecule is CCn1c(NNC(=O)CCC(=O)N(CCC#N)c2ccccc2)nc2ccccc2c1=O. The molecule has 9 nitrogen and oxygen atoms in total. The first-order valence-corrected chi connectivity index (χ1v) is 10.3. The molecule has 0 radical (unpaired) electrons. The van der Waals surface area contributed by atoms with E-state index in [1.54, 1.807) is 36.4 Å². The Bertz CT molecular complexity index is 1200. The zero-order valence-electron chi connectivity index (χ0n) is 17.7. The van der Waals surface area contributed by atoms with Crippen LogP contribution in [0.15, 0.2) is 59.4 Å². The van der Waals surface area contributed by atoms with Crippen molar-refractivity contribution in [2.45, 2.75) is 32.7 Å². The lowest BCUT2D eigenvalue weighted by molar-refractivity contribution is -0.124. The highest BCUT2D eigenvalue weighted by Gasteiger charge is 2.17. The molecule has 0 atom stereocenters. The number of hydrogen-bond acceptors (Lipinski definition) is 6. The molecule has 32 heavy (non-hydrogen) atoms. The van der Waals surface area contributed by atoms with E-state index in [9.17, 15) is 14.4 Å². The van der Waals surface area contributed by atoms with Crippen molar-refractivity contribution in [3.63, 3.8) is 0 Å². The number of nitrogens with one attached hydrogen (secondary N) is 2. The van der Waals surface area contributed by atoms with Crippen LogP contribution in [0.3, 0.4) is 0 Å². The predicted octanol–water partition coefficient (Wildman–Crippen LogP) is 2.59. The molecule has 1 aromatic heterocycles. The molecule has 0 unspecified atom stereocenters. The van der Waals surface area contributed by atoms with Crippen LogP contribution in [0.5, 0.6) is 0 Å². The first-order chi connectivity index (χ1) is 15.5. The maximum Gasteiger partial charge on any atom is 0.262 e. The molecule has 0 aliphatic rings. The largest absolute Gasteiger partial charge is 0.311 e. The minimum Gasteiger partial charge on any atom is -0.311 e. The van der Waals surface area contributed by atoms with Crippen molar-refractivity contribution in [1.82, 2.24) is 15.0 Å². The molecule has 2 amide bonds. The second kappa shape index (κ2) is 10.7. The molecule has 2 N–H and O–H groups in total. The Labute approximate surface area is 185 Å². The van der Waals surface area contributed by atoms with E-state index in [1.165, 1.54) is 9.47 Å². The average Bonchev–Trinajstić information content (AvgIpc) is 2.82. The summed E-state index contributed by atoms with van der Waals surface area (Å²) in [7, 11) is 0. The van der Waals surface area contributed by atoms with Gasteiger partial charge in [-0.25, -0.2) is 4.98 Å². The van der Waals surface area contributed by atoms with E-state index in [2.05, 4.69) is 15.8 Å². The van der Waals surface area contributed by atoms with Gasteiger partial charge in [0, 0.05) is 31.6 Å². The Hall–Kier alpha value is -4.19. The van der Waals surface area contributed by atoms with Gasteiger partial charge < -0.3 is 4.90 Å². The Morgan fingerprint density at radius 2 is 1.81 bits per heavy atom. The molecule has 0 saturated heterocycles. The molecule has 0 aliphatic heterocycles. The third-order valence-corrected chi connectivity index (χ3v) is 4.87. The summed E-state index contributed by atoms with van der Waals surface area (Å²) in [6.07, 6.45) is 0.0990. The average molecular weight is 432 g/mol. The summed E-state index contributed by atoms with van der Waals surface area (Å²) in [6.45, 7) is 2.43. The van der Waals surface area contributed by atoms with Gasteiger partial charge in [-0.15, -0.1) is 0 Å². The highest BCUT2D eigenvalue weighted by atomic mass is 16.2. The molecule has 0 bridgehead atoms. The Morgan fingerprint density at radius 3 is 2.53 bits per heavy atom. The van der Waals surface area contributed by atoms with E-state index < -0.39 is 5.91 Å². The Kier molecular flexibility index (Phi) is 7.54. The fourth-order valence-electron chi connectivity index (χ4n) is 3.27. The van der Waals surface area contributed by atoms with E-state index in [0.717, 1.165) is 0 Å². The Morgan fingerprint density at radius 1 is 1.09 bits per heavy atom. The number of anilines is 2. The number of rotatable bonds is 9. The van der Waals surface area contributed by atoms with Crippen LogP contribution in [-0.4, -0.2) is 27.9 Å². The molecular formula is C23H24N6O3. The number of benzene rings is 2. The highest BCUT2D eigenvalue weighted by molar-refractivity contribution is 5.95. The molecule has 0 saturated carbocycles. The lowest BCUT2D eigenvalue weighted by atomic mass is 10.2. The maximum atomic E-state index is 12.7. The summed E-state index contributed by atoms with van der Waals surface area (Å²) >= 11 is 0. The number of nitriles is 1. The number of amides is 2. The van der Waals surface area contributed by atoms with Crippen LogP contribution < -0.4 is 21.3 Å². The number of carbonyl (C=O) groups is 2. The van der Waals surface area contributed by atoms with E-state index in [0.29, 0.717) is 23.1 Å². The van der Waals surface area contributed by atoms with Crippen LogP contribution >= 0.6 is 0 Å². The van der Waals surface area contributed by atoms with E-state index in [4.69, 9.17) is 5.26 Å². The zero-order chi connectivity index (χ0) is 22.9. The minimum atomic E-state index is -0.420. The fourth-order valence-corrected chi connectivity index (χ4v) is 3.27. The smallest absolute Gasteiger partial charge is 0.262 e. The zero-order valence-corrected chi connectivity index (χ0v) is 17.7. The van der Waals surface area contributed by atoms with Crippen molar-refractivity contribution < 1.29 is 9.59 Å². The molecule has 1 heterocycles. The third-order valence-electron chi connectivity index (χ3n) is 4.87. The molecule has 0 fully saturated rings. The maximum absolute atomic E-state index is 12.7. The third kappa shape index (κ3) is 5.29. The molecule has 2 aromatic carbocycles. The van der Waals surface area contributed by atoms with Crippen LogP contribution in [0.25, 0.3) is 10.9 Å². The predicted molar refractivity (Wildman–Crippen MR) is 122 cm³/mol. The van der Waals surface area contributed by atoms with Gasteiger partial charge in [-0.3, -0.25) is 29.8 Å². The van der Waals surface area contributed by atoms with Gasteiger partial charge in [0.1, 0.15) is 0 Å². The molecular weight excluding hydrogens is 408 g/mol. The molecule has 9 heteroatoms. The molecule has 3 rings (SSSR count). The van der Waals surface area contributed by atoms with Crippen molar-refractivity contribution in [2.24, 2.45) is 0 Å². The van der Waals surface area contributed by atoms with Crippen LogP contribution in [0.2, 0.25) is 0 Å². The minimum absolute atomic E-state index is 0.0282. The van der Waals surface area contributed by atoms with Crippen molar-refractivity contribution in [3.05, 3.63) is 65.0 Å².